The molecule has 0 aliphatic rings. The summed E-state index contributed by atoms with van der Waals surface area (Å²) in [5.41, 5.74) is 0.502. The molecule has 0 fully saturated rings. The van der Waals surface area contributed by atoms with Gasteiger partial charge in [-0.05, 0) is 34.5 Å². The minimum atomic E-state index is -0.0587. The maximum Gasteiger partial charge on any atom is 0.171 e. The first-order valence-corrected chi connectivity index (χ1v) is 7.14. The molecular formula is C13H13BrClN3O. The van der Waals surface area contributed by atoms with E-state index in [1.807, 2.05) is 0 Å². The van der Waals surface area contributed by atoms with Crippen molar-refractivity contribution in [2.45, 2.75) is 26.3 Å². The first-order valence-electron chi connectivity index (χ1n) is 5.97. The number of carbonyl (C=O) groups excluding carboxylic acids is 1. The fourth-order valence-electron chi connectivity index (χ4n) is 1.78. The van der Waals surface area contributed by atoms with Gasteiger partial charge >= 0.3 is 0 Å². The van der Waals surface area contributed by atoms with Gasteiger partial charge in [-0.1, -0.05) is 24.6 Å². The average molecular weight is 343 g/mol. The lowest BCUT2D eigenvalue weighted by Gasteiger charge is -2.06. The van der Waals surface area contributed by atoms with E-state index in [9.17, 15) is 4.79 Å². The van der Waals surface area contributed by atoms with Gasteiger partial charge in [-0.25, -0.2) is 9.67 Å². The highest BCUT2D eigenvalue weighted by Crippen LogP contribution is 2.26. The van der Waals surface area contributed by atoms with Gasteiger partial charge in [0.2, 0.25) is 0 Å². The third-order valence-electron chi connectivity index (χ3n) is 2.70. The lowest BCUT2D eigenvalue weighted by Crippen LogP contribution is -2.12. The summed E-state index contributed by atoms with van der Waals surface area (Å²) in [5.74, 6) is 0.611. The Morgan fingerprint density at radius 3 is 3.00 bits per heavy atom. The van der Waals surface area contributed by atoms with Crippen molar-refractivity contribution in [3.8, 4) is 0 Å². The molecule has 6 heteroatoms. The van der Waals surface area contributed by atoms with Crippen LogP contribution in [0.2, 0.25) is 5.02 Å². The molecule has 0 saturated heterocycles. The summed E-state index contributed by atoms with van der Waals surface area (Å²) < 4.78 is 2.47. The lowest BCUT2D eigenvalue weighted by molar-refractivity contribution is 0.0989. The molecule has 0 spiro atoms. The smallest absolute Gasteiger partial charge is 0.171 e. The van der Waals surface area contributed by atoms with Crippen molar-refractivity contribution in [1.82, 2.24) is 14.8 Å². The summed E-state index contributed by atoms with van der Waals surface area (Å²) in [6.45, 7) is 2.81. The van der Waals surface area contributed by atoms with Gasteiger partial charge in [-0.2, -0.15) is 5.10 Å². The third-order valence-corrected chi connectivity index (χ3v) is 4.00. The number of carbonyl (C=O) groups is 1. The van der Waals surface area contributed by atoms with Gasteiger partial charge in [-0.3, -0.25) is 4.79 Å². The maximum absolute atomic E-state index is 12.3. The Morgan fingerprint density at radius 1 is 1.47 bits per heavy atom. The van der Waals surface area contributed by atoms with E-state index in [1.165, 1.54) is 6.33 Å². The van der Waals surface area contributed by atoms with E-state index in [4.69, 9.17) is 11.6 Å². The van der Waals surface area contributed by atoms with E-state index in [-0.39, 0.29) is 12.2 Å². The molecule has 2 rings (SSSR count). The Bertz CT molecular complexity index is 597. The van der Waals surface area contributed by atoms with Crippen molar-refractivity contribution < 1.29 is 4.79 Å². The minimum Gasteiger partial charge on any atom is -0.294 e. The quantitative estimate of drug-likeness (QED) is 0.781. The van der Waals surface area contributed by atoms with Crippen molar-refractivity contribution in [3.63, 3.8) is 0 Å². The Kier molecular flexibility index (Phi) is 4.71. The Morgan fingerprint density at radius 2 is 2.26 bits per heavy atom. The van der Waals surface area contributed by atoms with Crippen LogP contribution in [0.15, 0.2) is 29.0 Å². The van der Waals surface area contributed by atoms with Crippen LogP contribution in [0.5, 0.6) is 0 Å². The van der Waals surface area contributed by atoms with E-state index >= 15 is 0 Å². The standard InChI is InChI=1S/C13H13BrClN3O/c1-2-6-18-12(16-8-17-18)7-11(19)9-4-3-5-10(14)13(9)15/h3-5,8H,2,6-7H2,1H3. The minimum absolute atomic E-state index is 0.0587. The molecule has 0 aliphatic heterocycles. The SMILES string of the molecule is CCCn1ncnc1CC(=O)c1cccc(Br)c1Cl. The number of benzene rings is 1. The topological polar surface area (TPSA) is 47.8 Å². The zero-order chi connectivity index (χ0) is 13.8. The summed E-state index contributed by atoms with van der Waals surface area (Å²) in [6, 6.07) is 5.31. The van der Waals surface area contributed by atoms with Gasteiger partial charge in [0.15, 0.2) is 5.78 Å². The van der Waals surface area contributed by atoms with Crippen LogP contribution in [-0.2, 0) is 13.0 Å². The van der Waals surface area contributed by atoms with Gasteiger partial charge in [0.1, 0.15) is 12.2 Å². The Balaban J connectivity index is 2.21. The van der Waals surface area contributed by atoms with Crippen LogP contribution in [-0.4, -0.2) is 20.5 Å². The molecule has 0 radical (unpaired) electrons. The molecule has 0 aliphatic carbocycles. The molecular weight excluding hydrogens is 330 g/mol. The summed E-state index contributed by atoms with van der Waals surface area (Å²) in [6.07, 6.45) is 2.62. The third kappa shape index (κ3) is 3.22. The zero-order valence-electron chi connectivity index (χ0n) is 10.4. The molecule has 0 N–H and O–H groups in total. The van der Waals surface area contributed by atoms with Gasteiger partial charge in [-0.15, -0.1) is 0 Å². The molecule has 0 amide bonds. The van der Waals surface area contributed by atoms with Crippen molar-refractivity contribution in [3.05, 3.63) is 45.4 Å². The molecule has 1 heterocycles. The van der Waals surface area contributed by atoms with Gasteiger partial charge in [0, 0.05) is 16.6 Å². The van der Waals surface area contributed by atoms with Crippen molar-refractivity contribution in [2.75, 3.05) is 0 Å². The second kappa shape index (κ2) is 6.30. The predicted octanol–water partition coefficient (Wildman–Crippen LogP) is 3.53. The van der Waals surface area contributed by atoms with E-state index in [0.717, 1.165) is 17.4 Å². The summed E-state index contributed by atoms with van der Waals surface area (Å²) in [4.78, 5) is 16.4. The van der Waals surface area contributed by atoms with Gasteiger partial charge in [0.25, 0.3) is 0 Å². The van der Waals surface area contributed by atoms with Crippen LogP contribution >= 0.6 is 27.5 Å². The Labute approximate surface area is 124 Å². The second-order valence-corrected chi connectivity index (χ2v) is 5.33. The van der Waals surface area contributed by atoms with Gasteiger partial charge in [0.05, 0.1) is 11.4 Å². The molecule has 0 unspecified atom stereocenters. The molecule has 4 nitrogen and oxygen atoms in total. The summed E-state index contributed by atoms with van der Waals surface area (Å²) >= 11 is 9.43. The molecule has 0 atom stereocenters. The number of Topliss-reactive ketones (excluding diaryl/α,β-unsaturated/α-hetero) is 1. The number of nitrogens with zero attached hydrogens (tertiary/aromatic N) is 3. The lowest BCUT2D eigenvalue weighted by atomic mass is 10.1. The fourth-order valence-corrected chi connectivity index (χ4v) is 2.38. The molecule has 19 heavy (non-hydrogen) atoms. The number of rotatable bonds is 5. The highest BCUT2D eigenvalue weighted by Gasteiger charge is 2.15. The van der Waals surface area contributed by atoms with E-state index < -0.39 is 0 Å². The number of ketones is 1. The van der Waals surface area contributed by atoms with Crippen molar-refractivity contribution >= 4 is 33.3 Å². The first-order chi connectivity index (χ1) is 9.13. The van der Waals surface area contributed by atoms with Crippen LogP contribution < -0.4 is 0 Å². The zero-order valence-corrected chi connectivity index (χ0v) is 12.8. The highest BCUT2D eigenvalue weighted by atomic mass is 79.9. The largest absolute Gasteiger partial charge is 0.294 e. The molecule has 0 bridgehead atoms. The first kappa shape index (κ1) is 14.2. The monoisotopic (exact) mass is 341 g/mol. The number of aromatic nitrogens is 3. The second-order valence-electron chi connectivity index (χ2n) is 4.10. The van der Waals surface area contributed by atoms with Gasteiger partial charge < -0.3 is 0 Å². The van der Waals surface area contributed by atoms with Crippen LogP contribution in [0.1, 0.15) is 29.5 Å². The molecule has 0 saturated carbocycles. The fraction of sp³-hybridized carbons (Fsp3) is 0.308. The number of hydrogen-bond acceptors (Lipinski definition) is 3. The normalized spacial score (nSPS) is 10.7. The van der Waals surface area contributed by atoms with Crippen molar-refractivity contribution in [2.24, 2.45) is 0 Å². The number of aryl methyl sites for hydroxylation is 1. The summed E-state index contributed by atoms with van der Waals surface area (Å²) in [5, 5.41) is 4.54. The van der Waals surface area contributed by atoms with E-state index in [0.29, 0.717) is 16.4 Å². The predicted molar refractivity (Wildman–Crippen MR) is 77.5 cm³/mol. The average Bonchev–Trinajstić information content (AvgIpc) is 2.80. The Hall–Kier alpha value is -1.20. The molecule has 1 aromatic heterocycles. The van der Waals surface area contributed by atoms with Crippen LogP contribution in [0.4, 0.5) is 0 Å². The molecule has 100 valence electrons. The maximum atomic E-state index is 12.3. The van der Waals surface area contributed by atoms with Crippen LogP contribution in [0, 0.1) is 0 Å². The summed E-state index contributed by atoms with van der Waals surface area (Å²) in [7, 11) is 0. The van der Waals surface area contributed by atoms with Crippen molar-refractivity contribution in [1.29, 1.82) is 0 Å². The van der Waals surface area contributed by atoms with Crippen LogP contribution in [0.25, 0.3) is 0 Å². The highest BCUT2D eigenvalue weighted by molar-refractivity contribution is 9.10. The van der Waals surface area contributed by atoms with E-state index in [2.05, 4.69) is 32.9 Å². The van der Waals surface area contributed by atoms with E-state index in [1.54, 1.807) is 22.9 Å². The number of halogens is 2. The van der Waals surface area contributed by atoms with Crippen LogP contribution in [0.3, 0.4) is 0 Å². The molecule has 1 aromatic carbocycles. The number of hydrogen-bond donors (Lipinski definition) is 0. The molecule has 2 aromatic rings.